The van der Waals surface area contributed by atoms with E-state index in [0.717, 1.165) is 0 Å². The molecule has 0 aliphatic carbocycles. The highest BCUT2D eigenvalue weighted by atomic mass is 19.3. The van der Waals surface area contributed by atoms with Gasteiger partial charge in [-0.3, -0.25) is 4.98 Å². The van der Waals surface area contributed by atoms with Crippen molar-refractivity contribution in [1.29, 1.82) is 0 Å². The molecule has 6 heteroatoms. The van der Waals surface area contributed by atoms with Crippen LogP contribution in [0.4, 0.5) is 8.78 Å². The molecule has 2 rings (SSSR count). The lowest BCUT2D eigenvalue weighted by molar-refractivity contribution is -0.0498. The minimum absolute atomic E-state index is 0.0414. The van der Waals surface area contributed by atoms with Gasteiger partial charge < -0.3 is 14.6 Å². The first-order valence-electron chi connectivity index (χ1n) is 5.82. The predicted octanol–water partition coefficient (Wildman–Crippen LogP) is 2.77. The van der Waals surface area contributed by atoms with E-state index in [0.29, 0.717) is 16.9 Å². The van der Waals surface area contributed by atoms with Gasteiger partial charge in [0.25, 0.3) is 0 Å². The quantitative estimate of drug-likeness (QED) is 0.915. The molecule has 4 nitrogen and oxygen atoms in total. The van der Waals surface area contributed by atoms with Crippen molar-refractivity contribution in [2.45, 2.75) is 12.7 Å². The van der Waals surface area contributed by atoms with Gasteiger partial charge >= 0.3 is 6.61 Å². The normalized spacial score (nSPS) is 12.2. The Hall–Kier alpha value is -2.21. The largest absolute Gasteiger partial charge is 0.495 e. The number of aliphatic hydroxyl groups excluding tert-OH is 1. The minimum atomic E-state index is -2.87. The molecular weight excluding hydrogens is 268 g/mol. The monoisotopic (exact) mass is 281 g/mol. The van der Waals surface area contributed by atoms with Crippen LogP contribution in [0.5, 0.6) is 11.5 Å². The Labute approximate surface area is 114 Å². The van der Waals surface area contributed by atoms with Gasteiger partial charge in [0.05, 0.1) is 13.3 Å². The standard InChI is InChI=1S/C14H13F2NO3/c1-19-12-6-10(7-17-8-12)13(18)9-2-4-11(5-3-9)20-14(15)16/h2-8,13-14,18H,1H3. The van der Waals surface area contributed by atoms with E-state index in [1.54, 1.807) is 6.07 Å². The maximum Gasteiger partial charge on any atom is 0.387 e. The Balaban J connectivity index is 2.17. The van der Waals surface area contributed by atoms with Gasteiger partial charge in [0, 0.05) is 11.8 Å². The van der Waals surface area contributed by atoms with E-state index >= 15 is 0 Å². The molecule has 0 radical (unpaired) electrons. The summed E-state index contributed by atoms with van der Waals surface area (Å²) >= 11 is 0. The number of rotatable bonds is 5. The van der Waals surface area contributed by atoms with Crippen LogP contribution in [0.1, 0.15) is 17.2 Å². The number of methoxy groups -OCH3 is 1. The molecule has 1 N–H and O–H groups in total. The van der Waals surface area contributed by atoms with Gasteiger partial charge in [-0.25, -0.2) is 0 Å². The molecule has 0 saturated carbocycles. The maximum absolute atomic E-state index is 12.0. The number of alkyl halides is 2. The molecule has 20 heavy (non-hydrogen) atoms. The number of aliphatic hydroxyl groups is 1. The van der Waals surface area contributed by atoms with Gasteiger partial charge in [-0.05, 0) is 23.8 Å². The van der Waals surface area contributed by atoms with E-state index in [-0.39, 0.29) is 5.75 Å². The second kappa shape index (κ2) is 6.29. The molecule has 1 atom stereocenters. The van der Waals surface area contributed by atoms with E-state index in [9.17, 15) is 13.9 Å². The summed E-state index contributed by atoms with van der Waals surface area (Å²) in [6.07, 6.45) is 2.12. The summed E-state index contributed by atoms with van der Waals surface area (Å²) in [5, 5.41) is 10.2. The number of aromatic nitrogens is 1. The van der Waals surface area contributed by atoms with Crippen LogP contribution in [-0.4, -0.2) is 23.8 Å². The van der Waals surface area contributed by atoms with E-state index in [1.165, 1.54) is 43.8 Å². The fourth-order valence-electron chi connectivity index (χ4n) is 1.72. The maximum atomic E-state index is 12.0. The highest BCUT2D eigenvalue weighted by molar-refractivity contribution is 5.35. The molecule has 0 aliphatic rings. The molecule has 1 aromatic heterocycles. The molecule has 0 amide bonds. The smallest absolute Gasteiger partial charge is 0.387 e. The second-order valence-electron chi connectivity index (χ2n) is 4.01. The van der Waals surface area contributed by atoms with E-state index < -0.39 is 12.7 Å². The molecule has 1 heterocycles. The van der Waals surface area contributed by atoms with Crippen molar-refractivity contribution in [1.82, 2.24) is 4.98 Å². The molecular formula is C14H13F2NO3. The third-order valence-electron chi connectivity index (χ3n) is 2.71. The van der Waals surface area contributed by atoms with Crippen molar-refractivity contribution in [2.24, 2.45) is 0 Å². The molecule has 0 fully saturated rings. The second-order valence-corrected chi connectivity index (χ2v) is 4.01. The number of benzene rings is 1. The number of halogens is 2. The third-order valence-corrected chi connectivity index (χ3v) is 2.71. The molecule has 0 aliphatic heterocycles. The van der Waals surface area contributed by atoms with Crippen LogP contribution >= 0.6 is 0 Å². The first-order valence-corrected chi connectivity index (χ1v) is 5.82. The Morgan fingerprint density at radius 3 is 2.35 bits per heavy atom. The topological polar surface area (TPSA) is 51.6 Å². The summed E-state index contributed by atoms with van der Waals surface area (Å²) in [5.41, 5.74) is 1.09. The Morgan fingerprint density at radius 1 is 1.05 bits per heavy atom. The summed E-state index contributed by atoms with van der Waals surface area (Å²) in [6.45, 7) is -2.87. The van der Waals surface area contributed by atoms with Crippen molar-refractivity contribution >= 4 is 0 Å². The molecule has 106 valence electrons. The van der Waals surface area contributed by atoms with Crippen molar-refractivity contribution in [3.63, 3.8) is 0 Å². The van der Waals surface area contributed by atoms with Gasteiger partial charge in [-0.15, -0.1) is 0 Å². The highest BCUT2D eigenvalue weighted by Crippen LogP contribution is 2.26. The first-order chi connectivity index (χ1) is 9.60. The molecule has 0 bridgehead atoms. The minimum Gasteiger partial charge on any atom is -0.495 e. The molecule has 0 spiro atoms. The lowest BCUT2D eigenvalue weighted by Crippen LogP contribution is -2.03. The van der Waals surface area contributed by atoms with Gasteiger partial charge in [0.2, 0.25) is 0 Å². The fourth-order valence-corrected chi connectivity index (χ4v) is 1.72. The van der Waals surface area contributed by atoms with Crippen LogP contribution < -0.4 is 9.47 Å². The van der Waals surface area contributed by atoms with Crippen LogP contribution in [-0.2, 0) is 0 Å². The zero-order valence-electron chi connectivity index (χ0n) is 10.7. The van der Waals surface area contributed by atoms with Crippen LogP contribution in [0.3, 0.4) is 0 Å². The summed E-state index contributed by atoms with van der Waals surface area (Å²) in [6, 6.07) is 7.43. The van der Waals surface area contributed by atoms with Crippen LogP contribution in [0.15, 0.2) is 42.7 Å². The van der Waals surface area contributed by atoms with Crippen LogP contribution in [0.25, 0.3) is 0 Å². The summed E-state index contributed by atoms with van der Waals surface area (Å²) in [7, 11) is 1.50. The number of hydrogen-bond donors (Lipinski definition) is 1. The van der Waals surface area contributed by atoms with Gasteiger partial charge in [0.1, 0.15) is 17.6 Å². The van der Waals surface area contributed by atoms with E-state index in [2.05, 4.69) is 9.72 Å². The average molecular weight is 281 g/mol. The van der Waals surface area contributed by atoms with Gasteiger partial charge in [-0.2, -0.15) is 8.78 Å². The van der Waals surface area contributed by atoms with Gasteiger partial charge in [-0.1, -0.05) is 12.1 Å². The van der Waals surface area contributed by atoms with Crippen molar-refractivity contribution in [3.8, 4) is 11.5 Å². The summed E-state index contributed by atoms with van der Waals surface area (Å²) in [4.78, 5) is 3.95. The number of ether oxygens (including phenoxy) is 2. The molecule has 2 aromatic rings. The zero-order valence-corrected chi connectivity index (χ0v) is 10.7. The molecule has 0 saturated heterocycles. The number of pyridine rings is 1. The lowest BCUT2D eigenvalue weighted by atomic mass is 10.0. The fraction of sp³-hybridized carbons (Fsp3) is 0.214. The Kier molecular flexibility index (Phi) is 4.47. The summed E-state index contributed by atoms with van der Waals surface area (Å²) < 4.78 is 33.3. The van der Waals surface area contributed by atoms with Crippen molar-refractivity contribution in [3.05, 3.63) is 53.9 Å². The number of hydrogen-bond acceptors (Lipinski definition) is 4. The number of nitrogens with zero attached hydrogens (tertiary/aromatic N) is 1. The van der Waals surface area contributed by atoms with Crippen molar-refractivity contribution in [2.75, 3.05) is 7.11 Å². The molecule has 1 unspecified atom stereocenters. The van der Waals surface area contributed by atoms with Crippen molar-refractivity contribution < 1.29 is 23.4 Å². The first kappa shape index (κ1) is 14.2. The van der Waals surface area contributed by atoms with Crippen LogP contribution in [0, 0.1) is 0 Å². The highest BCUT2D eigenvalue weighted by Gasteiger charge is 2.12. The average Bonchev–Trinajstić information content (AvgIpc) is 2.47. The SMILES string of the molecule is COc1cncc(C(O)c2ccc(OC(F)F)cc2)c1. The summed E-state index contributed by atoms with van der Waals surface area (Å²) in [5.74, 6) is 0.568. The Bertz CT molecular complexity index is 561. The van der Waals surface area contributed by atoms with Gasteiger partial charge in [0.15, 0.2) is 0 Å². The Morgan fingerprint density at radius 2 is 1.75 bits per heavy atom. The van der Waals surface area contributed by atoms with Crippen LogP contribution in [0.2, 0.25) is 0 Å². The molecule has 1 aromatic carbocycles. The predicted molar refractivity (Wildman–Crippen MR) is 67.9 cm³/mol. The zero-order chi connectivity index (χ0) is 14.5. The van der Waals surface area contributed by atoms with E-state index in [4.69, 9.17) is 4.74 Å². The lowest BCUT2D eigenvalue weighted by Gasteiger charge is -2.13. The third kappa shape index (κ3) is 3.42. The van der Waals surface area contributed by atoms with E-state index in [1.807, 2.05) is 0 Å².